The third kappa shape index (κ3) is 3.80. The third-order valence-electron chi connectivity index (χ3n) is 2.98. The fourth-order valence-electron chi connectivity index (χ4n) is 1.98. The van der Waals surface area contributed by atoms with Crippen LogP contribution >= 0.6 is 27.3 Å². The minimum atomic E-state index is 0.223. The zero-order valence-electron chi connectivity index (χ0n) is 11.3. The first-order valence-electron chi connectivity index (χ1n) is 6.53. The Morgan fingerprint density at radius 3 is 2.81 bits per heavy atom. The topological polar surface area (TPSA) is 89.2 Å². The molecule has 0 atom stereocenters. The lowest BCUT2D eigenvalue weighted by atomic mass is 10.4. The van der Waals surface area contributed by atoms with Gasteiger partial charge in [0.25, 0.3) is 0 Å². The second-order valence-electron chi connectivity index (χ2n) is 4.48. The fourth-order valence-corrected chi connectivity index (χ4v) is 3.40. The standard InChI is InChI=1S/C12H15BrN6OS/c13-9-2-1-8(21-9)7-15-11-16-10(14)17-12(18-11)19-3-5-20-6-4-19/h1-2H,3-7H2,(H3,14,15,16,17,18). The van der Waals surface area contributed by atoms with E-state index in [1.54, 1.807) is 11.3 Å². The molecule has 1 saturated heterocycles. The summed E-state index contributed by atoms with van der Waals surface area (Å²) in [5, 5.41) is 3.18. The van der Waals surface area contributed by atoms with E-state index < -0.39 is 0 Å². The fraction of sp³-hybridized carbons (Fsp3) is 0.417. The van der Waals surface area contributed by atoms with Crippen LogP contribution in [0.25, 0.3) is 0 Å². The molecule has 0 radical (unpaired) electrons. The molecule has 0 spiro atoms. The van der Waals surface area contributed by atoms with Crippen LogP contribution in [0.3, 0.4) is 0 Å². The Labute approximate surface area is 134 Å². The van der Waals surface area contributed by atoms with Gasteiger partial charge in [-0.3, -0.25) is 0 Å². The predicted octanol–water partition coefficient (Wildman–Crippen LogP) is 1.73. The molecule has 0 saturated carbocycles. The lowest BCUT2D eigenvalue weighted by molar-refractivity contribution is 0.122. The molecule has 9 heteroatoms. The molecular weight excluding hydrogens is 356 g/mol. The summed E-state index contributed by atoms with van der Waals surface area (Å²) >= 11 is 5.11. The normalized spacial score (nSPS) is 15.2. The number of thiophene rings is 1. The molecule has 3 N–H and O–H groups in total. The molecule has 0 aromatic carbocycles. The first kappa shape index (κ1) is 14.5. The molecule has 2 aromatic heterocycles. The Morgan fingerprint density at radius 2 is 2.10 bits per heavy atom. The van der Waals surface area contributed by atoms with Crippen LogP contribution in [-0.4, -0.2) is 41.3 Å². The van der Waals surface area contributed by atoms with Gasteiger partial charge in [0.1, 0.15) is 0 Å². The number of ether oxygens (including phenoxy) is 1. The van der Waals surface area contributed by atoms with Gasteiger partial charge in [-0.05, 0) is 28.1 Å². The second-order valence-corrected chi connectivity index (χ2v) is 7.02. The summed E-state index contributed by atoms with van der Waals surface area (Å²) in [4.78, 5) is 16.0. The Bertz CT molecular complexity index is 616. The molecule has 21 heavy (non-hydrogen) atoms. The molecule has 2 aromatic rings. The maximum atomic E-state index is 5.77. The average molecular weight is 371 g/mol. The summed E-state index contributed by atoms with van der Waals surface area (Å²) in [5.41, 5.74) is 5.77. The lowest BCUT2D eigenvalue weighted by Gasteiger charge is -2.26. The summed E-state index contributed by atoms with van der Waals surface area (Å²) in [5.74, 6) is 1.32. The van der Waals surface area contributed by atoms with E-state index in [1.165, 1.54) is 4.88 Å². The number of nitrogens with zero attached hydrogens (tertiary/aromatic N) is 4. The maximum Gasteiger partial charge on any atom is 0.232 e. The van der Waals surface area contributed by atoms with Gasteiger partial charge in [0.05, 0.1) is 23.5 Å². The predicted molar refractivity (Wildman–Crippen MR) is 86.6 cm³/mol. The highest BCUT2D eigenvalue weighted by Crippen LogP contribution is 2.22. The monoisotopic (exact) mass is 370 g/mol. The summed E-state index contributed by atoms with van der Waals surface area (Å²) in [6.07, 6.45) is 0. The summed E-state index contributed by atoms with van der Waals surface area (Å²) in [6.45, 7) is 3.54. The van der Waals surface area contributed by atoms with Crippen molar-refractivity contribution < 1.29 is 4.74 Å². The number of rotatable bonds is 4. The number of nitrogens with two attached hydrogens (primary N) is 1. The molecule has 3 heterocycles. The molecule has 3 rings (SSSR count). The Kier molecular flexibility index (Phi) is 4.51. The van der Waals surface area contributed by atoms with Crippen molar-refractivity contribution in [2.24, 2.45) is 0 Å². The maximum absolute atomic E-state index is 5.77. The van der Waals surface area contributed by atoms with E-state index in [4.69, 9.17) is 10.5 Å². The van der Waals surface area contributed by atoms with E-state index in [0.717, 1.165) is 16.9 Å². The number of halogens is 1. The van der Waals surface area contributed by atoms with Gasteiger partial charge in [-0.1, -0.05) is 0 Å². The van der Waals surface area contributed by atoms with Gasteiger partial charge in [0, 0.05) is 18.0 Å². The Balaban J connectivity index is 1.71. The van der Waals surface area contributed by atoms with Gasteiger partial charge in [0.15, 0.2) is 0 Å². The van der Waals surface area contributed by atoms with Crippen molar-refractivity contribution in [1.29, 1.82) is 0 Å². The molecule has 1 aliphatic rings. The van der Waals surface area contributed by atoms with Crippen molar-refractivity contribution in [3.8, 4) is 0 Å². The highest BCUT2D eigenvalue weighted by atomic mass is 79.9. The molecule has 0 bridgehead atoms. The van der Waals surface area contributed by atoms with Gasteiger partial charge in [-0.2, -0.15) is 15.0 Å². The van der Waals surface area contributed by atoms with Crippen molar-refractivity contribution in [3.63, 3.8) is 0 Å². The molecule has 0 unspecified atom stereocenters. The van der Waals surface area contributed by atoms with Gasteiger partial charge in [-0.15, -0.1) is 11.3 Å². The number of anilines is 3. The molecule has 7 nitrogen and oxygen atoms in total. The molecule has 1 aliphatic heterocycles. The highest BCUT2D eigenvalue weighted by molar-refractivity contribution is 9.11. The Morgan fingerprint density at radius 1 is 1.29 bits per heavy atom. The minimum Gasteiger partial charge on any atom is -0.378 e. The molecular formula is C12H15BrN6OS. The number of hydrogen-bond donors (Lipinski definition) is 2. The first-order valence-corrected chi connectivity index (χ1v) is 8.14. The summed E-state index contributed by atoms with van der Waals surface area (Å²) in [6, 6.07) is 4.07. The van der Waals surface area contributed by atoms with Crippen molar-refractivity contribution in [1.82, 2.24) is 15.0 Å². The summed E-state index contributed by atoms with van der Waals surface area (Å²) in [7, 11) is 0. The van der Waals surface area contributed by atoms with Gasteiger partial charge in [0.2, 0.25) is 17.8 Å². The quantitative estimate of drug-likeness (QED) is 0.846. The van der Waals surface area contributed by atoms with E-state index in [9.17, 15) is 0 Å². The van der Waals surface area contributed by atoms with Crippen LogP contribution in [0.4, 0.5) is 17.8 Å². The van der Waals surface area contributed by atoms with Crippen LogP contribution in [-0.2, 0) is 11.3 Å². The van der Waals surface area contributed by atoms with Crippen molar-refractivity contribution >= 4 is 45.1 Å². The summed E-state index contributed by atoms with van der Waals surface area (Å²) < 4.78 is 6.43. The number of nitrogens with one attached hydrogen (secondary N) is 1. The van der Waals surface area contributed by atoms with Gasteiger partial charge < -0.3 is 20.7 Å². The number of morpholine rings is 1. The molecule has 0 aliphatic carbocycles. The number of hydrogen-bond acceptors (Lipinski definition) is 8. The average Bonchev–Trinajstić information content (AvgIpc) is 2.91. The van der Waals surface area contributed by atoms with E-state index in [2.05, 4.69) is 47.2 Å². The Hall–Kier alpha value is -1.45. The van der Waals surface area contributed by atoms with Crippen LogP contribution in [0, 0.1) is 0 Å². The zero-order valence-corrected chi connectivity index (χ0v) is 13.7. The van der Waals surface area contributed by atoms with E-state index in [0.29, 0.717) is 31.7 Å². The van der Waals surface area contributed by atoms with Crippen molar-refractivity contribution in [2.45, 2.75) is 6.54 Å². The zero-order chi connectivity index (χ0) is 14.7. The molecule has 0 amide bonds. The van der Waals surface area contributed by atoms with Crippen LogP contribution in [0.15, 0.2) is 15.9 Å². The van der Waals surface area contributed by atoms with Crippen LogP contribution in [0.5, 0.6) is 0 Å². The highest BCUT2D eigenvalue weighted by Gasteiger charge is 2.15. The van der Waals surface area contributed by atoms with Crippen LogP contribution in [0.1, 0.15) is 4.88 Å². The third-order valence-corrected chi connectivity index (χ3v) is 4.61. The number of nitrogen functional groups attached to an aromatic ring is 1. The van der Waals surface area contributed by atoms with Crippen molar-refractivity contribution in [3.05, 3.63) is 20.8 Å². The lowest BCUT2D eigenvalue weighted by Crippen LogP contribution is -2.37. The van der Waals surface area contributed by atoms with Crippen LogP contribution < -0.4 is 16.0 Å². The molecule has 1 fully saturated rings. The molecule has 112 valence electrons. The second kappa shape index (κ2) is 6.54. The van der Waals surface area contributed by atoms with E-state index in [1.807, 2.05) is 6.07 Å². The smallest absolute Gasteiger partial charge is 0.232 e. The van der Waals surface area contributed by atoms with Crippen molar-refractivity contribution in [2.75, 3.05) is 42.3 Å². The van der Waals surface area contributed by atoms with Gasteiger partial charge >= 0.3 is 0 Å². The SMILES string of the molecule is Nc1nc(NCc2ccc(Br)s2)nc(N2CCOCC2)n1. The van der Waals surface area contributed by atoms with Crippen LogP contribution in [0.2, 0.25) is 0 Å². The largest absolute Gasteiger partial charge is 0.378 e. The van der Waals surface area contributed by atoms with Gasteiger partial charge in [-0.25, -0.2) is 0 Å². The van der Waals surface area contributed by atoms with E-state index in [-0.39, 0.29) is 5.95 Å². The minimum absolute atomic E-state index is 0.223. The number of aromatic nitrogens is 3. The first-order chi connectivity index (χ1) is 10.2. The van der Waals surface area contributed by atoms with E-state index >= 15 is 0 Å².